The summed E-state index contributed by atoms with van der Waals surface area (Å²) in [5.74, 6) is -0.294. The van der Waals surface area contributed by atoms with Crippen LogP contribution >= 0.6 is 0 Å². The van der Waals surface area contributed by atoms with E-state index < -0.39 is 10.0 Å². The molecule has 0 atom stereocenters. The highest BCUT2D eigenvalue weighted by atomic mass is 32.2. The number of benzene rings is 2. The standard InChI is InChI=1S/C22H29N3O3S/c1-17(2)24(3)29(27,28)21-8-6-7-19(15-21)22(26)23-16-18-9-11-20(12-10-18)25-13-4-5-14-25/h6-12,15,17H,4-5,13-14,16H2,1-3H3,(H,23,26). The van der Waals surface area contributed by atoms with Gasteiger partial charge in [0.05, 0.1) is 4.90 Å². The molecular weight excluding hydrogens is 386 g/mol. The Kier molecular flexibility index (Phi) is 6.59. The van der Waals surface area contributed by atoms with E-state index in [1.807, 2.05) is 26.0 Å². The van der Waals surface area contributed by atoms with Gasteiger partial charge in [-0.1, -0.05) is 18.2 Å². The topological polar surface area (TPSA) is 69.7 Å². The first kappa shape index (κ1) is 21.3. The van der Waals surface area contributed by atoms with E-state index in [-0.39, 0.29) is 16.8 Å². The lowest BCUT2D eigenvalue weighted by atomic mass is 10.1. The van der Waals surface area contributed by atoms with Crippen molar-refractivity contribution in [1.82, 2.24) is 9.62 Å². The second-order valence-electron chi connectivity index (χ2n) is 7.69. The van der Waals surface area contributed by atoms with E-state index in [1.165, 1.54) is 35.0 Å². The van der Waals surface area contributed by atoms with Crippen molar-refractivity contribution >= 4 is 21.6 Å². The maximum atomic E-state index is 12.7. The molecule has 0 radical (unpaired) electrons. The lowest BCUT2D eigenvalue weighted by Crippen LogP contribution is -2.33. The zero-order valence-corrected chi connectivity index (χ0v) is 18.1. The van der Waals surface area contributed by atoms with Crippen molar-refractivity contribution in [2.24, 2.45) is 0 Å². The molecule has 3 rings (SSSR count). The fourth-order valence-corrected chi connectivity index (χ4v) is 4.74. The number of nitrogens with one attached hydrogen (secondary N) is 1. The van der Waals surface area contributed by atoms with Crippen molar-refractivity contribution in [1.29, 1.82) is 0 Å². The smallest absolute Gasteiger partial charge is 0.251 e. The van der Waals surface area contributed by atoms with Crippen molar-refractivity contribution < 1.29 is 13.2 Å². The first-order chi connectivity index (χ1) is 13.8. The van der Waals surface area contributed by atoms with Gasteiger partial charge in [0, 0.05) is 44.0 Å². The van der Waals surface area contributed by atoms with Gasteiger partial charge < -0.3 is 10.2 Å². The summed E-state index contributed by atoms with van der Waals surface area (Å²) in [6.45, 7) is 6.21. The largest absolute Gasteiger partial charge is 0.372 e. The first-order valence-corrected chi connectivity index (χ1v) is 11.4. The third kappa shape index (κ3) is 4.97. The minimum absolute atomic E-state index is 0.122. The molecule has 1 saturated heterocycles. The minimum Gasteiger partial charge on any atom is -0.372 e. The van der Waals surface area contributed by atoms with Crippen LogP contribution in [0.25, 0.3) is 0 Å². The van der Waals surface area contributed by atoms with E-state index in [2.05, 4.69) is 22.3 Å². The molecule has 6 nitrogen and oxygen atoms in total. The van der Waals surface area contributed by atoms with Crippen LogP contribution in [0.3, 0.4) is 0 Å². The minimum atomic E-state index is -3.63. The van der Waals surface area contributed by atoms with Crippen molar-refractivity contribution in [2.45, 2.75) is 44.2 Å². The molecular formula is C22H29N3O3S. The average Bonchev–Trinajstić information content (AvgIpc) is 3.26. The highest BCUT2D eigenvalue weighted by Crippen LogP contribution is 2.21. The molecule has 0 unspecified atom stereocenters. The number of anilines is 1. The molecule has 1 aliphatic rings. The maximum absolute atomic E-state index is 12.7. The van der Waals surface area contributed by atoms with Crippen molar-refractivity contribution in [3.05, 3.63) is 59.7 Å². The molecule has 29 heavy (non-hydrogen) atoms. The highest BCUT2D eigenvalue weighted by Gasteiger charge is 2.23. The summed E-state index contributed by atoms with van der Waals surface area (Å²) in [6, 6.07) is 14.2. The second kappa shape index (κ2) is 8.97. The Labute approximate surface area is 173 Å². The molecule has 1 aliphatic heterocycles. The van der Waals surface area contributed by atoms with E-state index in [4.69, 9.17) is 0 Å². The molecule has 0 saturated carbocycles. The lowest BCUT2D eigenvalue weighted by molar-refractivity contribution is 0.0950. The number of carbonyl (C=O) groups excluding carboxylic acids is 1. The predicted molar refractivity (Wildman–Crippen MR) is 116 cm³/mol. The zero-order chi connectivity index (χ0) is 21.0. The fourth-order valence-electron chi connectivity index (χ4n) is 3.33. The van der Waals surface area contributed by atoms with Crippen LogP contribution < -0.4 is 10.2 Å². The number of nitrogens with zero attached hydrogens (tertiary/aromatic N) is 2. The lowest BCUT2D eigenvalue weighted by Gasteiger charge is -2.21. The first-order valence-electron chi connectivity index (χ1n) is 9.99. The maximum Gasteiger partial charge on any atom is 0.251 e. The molecule has 0 aromatic heterocycles. The number of rotatable bonds is 7. The molecule has 7 heteroatoms. The van der Waals surface area contributed by atoms with Crippen LogP contribution in [0, 0.1) is 0 Å². The molecule has 2 aromatic rings. The van der Waals surface area contributed by atoms with Crippen LogP contribution in [-0.2, 0) is 16.6 Å². The molecule has 2 aromatic carbocycles. The van der Waals surface area contributed by atoms with Crippen LogP contribution in [-0.4, -0.2) is 44.8 Å². The van der Waals surface area contributed by atoms with Gasteiger partial charge in [0.2, 0.25) is 10.0 Å². The van der Waals surface area contributed by atoms with Crippen LogP contribution in [0.1, 0.15) is 42.6 Å². The Bertz CT molecular complexity index is 950. The van der Waals surface area contributed by atoms with Crippen molar-refractivity contribution in [3.8, 4) is 0 Å². The normalized spacial score (nSPS) is 14.6. The van der Waals surface area contributed by atoms with Gasteiger partial charge in [0.25, 0.3) is 5.91 Å². The third-order valence-corrected chi connectivity index (χ3v) is 7.39. The number of sulfonamides is 1. The van der Waals surface area contributed by atoms with E-state index in [1.54, 1.807) is 19.2 Å². The van der Waals surface area contributed by atoms with E-state index in [0.717, 1.165) is 18.7 Å². The Morgan fingerprint density at radius 3 is 2.38 bits per heavy atom. The average molecular weight is 416 g/mol. The van der Waals surface area contributed by atoms with Gasteiger partial charge in [0.1, 0.15) is 0 Å². The van der Waals surface area contributed by atoms with Gasteiger partial charge >= 0.3 is 0 Å². The van der Waals surface area contributed by atoms with Gasteiger partial charge in [-0.3, -0.25) is 4.79 Å². The van der Waals surface area contributed by atoms with Crippen LogP contribution in [0.4, 0.5) is 5.69 Å². The Morgan fingerprint density at radius 2 is 1.76 bits per heavy atom. The Balaban J connectivity index is 1.65. The van der Waals surface area contributed by atoms with Crippen LogP contribution in [0.5, 0.6) is 0 Å². The van der Waals surface area contributed by atoms with Crippen molar-refractivity contribution in [2.75, 3.05) is 25.0 Å². The Morgan fingerprint density at radius 1 is 1.10 bits per heavy atom. The zero-order valence-electron chi connectivity index (χ0n) is 17.3. The summed E-state index contributed by atoms with van der Waals surface area (Å²) in [7, 11) is -2.09. The monoisotopic (exact) mass is 415 g/mol. The summed E-state index contributed by atoms with van der Waals surface area (Å²) in [5.41, 5.74) is 2.55. The fraction of sp³-hybridized carbons (Fsp3) is 0.409. The second-order valence-corrected chi connectivity index (χ2v) is 9.68. The van der Waals surface area contributed by atoms with E-state index >= 15 is 0 Å². The predicted octanol–water partition coefficient (Wildman–Crippen LogP) is 3.25. The van der Waals surface area contributed by atoms with Gasteiger partial charge in [0.15, 0.2) is 0 Å². The summed E-state index contributed by atoms with van der Waals surface area (Å²) in [5, 5.41) is 2.87. The van der Waals surface area contributed by atoms with E-state index in [9.17, 15) is 13.2 Å². The van der Waals surface area contributed by atoms with Gasteiger partial charge in [-0.05, 0) is 62.6 Å². The van der Waals surface area contributed by atoms with Crippen LogP contribution in [0.15, 0.2) is 53.4 Å². The number of hydrogen-bond acceptors (Lipinski definition) is 4. The summed E-state index contributed by atoms with van der Waals surface area (Å²) < 4.78 is 26.6. The molecule has 0 aliphatic carbocycles. The van der Waals surface area contributed by atoms with Gasteiger partial charge in [-0.2, -0.15) is 4.31 Å². The quantitative estimate of drug-likeness (QED) is 0.754. The molecule has 156 valence electrons. The number of amides is 1. The molecule has 1 amide bonds. The van der Waals surface area contributed by atoms with Crippen molar-refractivity contribution in [3.63, 3.8) is 0 Å². The molecule has 1 N–H and O–H groups in total. The molecule has 0 spiro atoms. The summed E-state index contributed by atoms with van der Waals surface area (Å²) in [4.78, 5) is 15.0. The van der Waals surface area contributed by atoms with E-state index in [0.29, 0.717) is 12.1 Å². The van der Waals surface area contributed by atoms with Gasteiger partial charge in [-0.25, -0.2) is 8.42 Å². The van der Waals surface area contributed by atoms with Crippen LogP contribution in [0.2, 0.25) is 0 Å². The summed E-state index contributed by atoms with van der Waals surface area (Å²) in [6.07, 6.45) is 2.47. The molecule has 1 heterocycles. The molecule has 1 fully saturated rings. The molecule has 0 bridgehead atoms. The highest BCUT2D eigenvalue weighted by molar-refractivity contribution is 7.89. The Hall–Kier alpha value is -2.38. The third-order valence-electron chi connectivity index (χ3n) is 5.36. The number of carbonyl (C=O) groups is 1. The van der Waals surface area contributed by atoms with Gasteiger partial charge in [-0.15, -0.1) is 0 Å². The number of hydrogen-bond donors (Lipinski definition) is 1. The SMILES string of the molecule is CC(C)N(C)S(=O)(=O)c1cccc(C(=O)NCc2ccc(N3CCCC3)cc2)c1. The summed E-state index contributed by atoms with van der Waals surface area (Å²) >= 11 is 0.